The van der Waals surface area contributed by atoms with Gasteiger partial charge in [-0.1, -0.05) is 0 Å². The Labute approximate surface area is 75.9 Å². The van der Waals surface area contributed by atoms with Crippen LogP contribution in [0.1, 0.15) is 0 Å². The standard InChI is InChI=1S/C6H14N7/c7-5-1-12(9)6-2-11(8)4-13(6,10)3-5/h1-2H,3-4,7-10H2/q+1. The Morgan fingerprint density at radius 1 is 1.31 bits per heavy atom. The molecule has 2 aliphatic rings. The van der Waals surface area contributed by atoms with Crippen LogP contribution in [0, 0.1) is 0 Å². The minimum atomic E-state index is 0.148. The van der Waals surface area contributed by atoms with Gasteiger partial charge in [0.05, 0.1) is 11.9 Å². The van der Waals surface area contributed by atoms with Crippen molar-refractivity contribution in [2.75, 3.05) is 13.2 Å². The van der Waals surface area contributed by atoms with Gasteiger partial charge in [0.15, 0.2) is 6.67 Å². The molecule has 2 aliphatic heterocycles. The molecule has 0 fully saturated rings. The number of hydrogen-bond donors (Lipinski definition) is 4. The summed E-state index contributed by atoms with van der Waals surface area (Å²) in [6.07, 6.45) is 3.36. The number of quaternary nitrogens is 1. The van der Waals surface area contributed by atoms with Gasteiger partial charge in [-0.2, -0.15) is 10.4 Å². The molecule has 0 radical (unpaired) electrons. The van der Waals surface area contributed by atoms with E-state index in [2.05, 4.69) is 0 Å². The first-order valence-electron chi connectivity index (χ1n) is 3.91. The molecule has 7 nitrogen and oxygen atoms in total. The summed E-state index contributed by atoms with van der Waals surface area (Å²) in [6.45, 7) is 1.02. The van der Waals surface area contributed by atoms with Crippen LogP contribution < -0.4 is 23.3 Å². The second-order valence-electron chi connectivity index (χ2n) is 3.45. The molecule has 2 rings (SSSR count). The van der Waals surface area contributed by atoms with Crippen LogP contribution in [0.2, 0.25) is 0 Å². The maximum Gasteiger partial charge on any atom is 0.261 e. The molecule has 8 N–H and O–H groups in total. The molecule has 1 atom stereocenters. The van der Waals surface area contributed by atoms with Crippen LogP contribution in [-0.4, -0.2) is 27.8 Å². The molecule has 0 amide bonds. The van der Waals surface area contributed by atoms with E-state index in [9.17, 15) is 0 Å². The fourth-order valence-electron chi connectivity index (χ4n) is 1.71. The lowest BCUT2D eigenvalue weighted by atomic mass is 10.3. The molecule has 0 bridgehead atoms. The molecule has 1 unspecified atom stereocenters. The Hall–Kier alpha value is -1.28. The molecule has 2 heterocycles. The fourth-order valence-corrected chi connectivity index (χ4v) is 1.71. The number of nitrogens with two attached hydrogens (primary N) is 4. The van der Waals surface area contributed by atoms with Gasteiger partial charge < -0.3 is 5.73 Å². The first-order chi connectivity index (χ1) is 6.01. The SMILES string of the molecule is NC1=CN(N)C2=CN(N)C[N+]2(N)C1. The summed E-state index contributed by atoms with van der Waals surface area (Å²) in [5.41, 5.74) is 6.32. The molecule has 0 aromatic heterocycles. The fraction of sp³-hybridized carbons (Fsp3) is 0.333. The van der Waals surface area contributed by atoms with E-state index in [-0.39, 0.29) is 4.59 Å². The lowest BCUT2D eigenvalue weighted by Crippen LogP contribution is -2.61. The zero-order valence-electron chi connectivity index (χ0n) is 7.22. The zero-order chi connectivity index (χ0) is 9.64. The van der Waals surface area contributed by atoms with Crippen LogP contribution in [0.4, 0.5) is 0 Å². The number of fused-ring (bicyclic) bond motifs is 1. The minimum absolute atomic E-state index is 0.148. The largest absolute Gasteiger partial charge is 0.396 e. The van der Waals surface area contributed by atoms with Crippen molar-refractivity contribution in [2.24, 2.45) is 23.3 Å². The van der Waals surface area contributed by atoms with Crippen molar-refractivity contribution in [1.82, 2.24) is 10.0 Å². The maximum absolute atomic E-state index is 6.04. The third-order valence-corrected chi connectivity index (χ3v) is 2.19. The van der Waals surface area contributed by atoms with Gasteiger partial charge in [-0.05, 0) is 0 Å². The summed E-state index contributed by atoms with van der Waals surface area (Å²) in [6, 6.07) is 0. The van der Waals surface area contributed by atoms with E-state index in [0.717, 1.165) is 5.82 Å². The van der Waals surface area contributed by atoms with Gasteiger partial charge in [0.25, 0.3) is 5.82 Å². The molecular weight excluding hydrogens is 170 g/mol. The van der Waals surface area contributed by atoms with Crippen molar-refractivity contribution in [3.8, 4) is 0 Å². The highest BCUT2D eigenvalue weighted by Gasteiger charge is 2.42. The van der Waals surface area contributed by atoms with Crippen molar-refractivity contribution in [2.45, 2.75) is 0 Å². The smallest absolute Gasteiger partial charge is 0.261 e. The van der Waals surface area contributed by atoms with Crippen molar-refractivity contribution < 1.29 is 4.59 Å². The van der Waals surface area contributed by atoms with Gasteiger partial charge in [0, 0.05) is 0 Å². The number of hydrazine groups is 2. The second-order valence-corrected chi connectivity index (χ2v) is 3.45. The van der Waals surface area contributed by atoms with Crippen LogP contribution in [0.3, 0.4) is 0 Å². The Bertz CT molecular complexity index is 295. The molecule has 0 aliphatic carbocycles. The molecule has 0 aromatic rings. The van der Waals surface area contributed by atoms with E-state index in [1.807, 2.05) is 0 Å². The van der Waals surface area contributed by atoms with Gasteiger partial charge in [-0.15, -0.1) is 0 Å². The van der Waals surface area contributed by atoms with Gasteiger partial charge in [0.2, 0.25) is 0 Å². The van der Waals surface area contributed by atoms with Gasteiger partial charge >= 0.3 is 0 Å². The Kier molecular flexibility index (Phi) is 1.51. The third kappa shape index (κ3) is 1.14. The summed E-state index contributed by atoms with van der Waals surface area (Å²) in [5, 5.41) is 2.91. The predicted molar refractivity (Wildman–Crippen MR) is 46.6 cm³/mol. The van der Waals surface area contributed by atoms with Crippen LogP contribution in [0.5, 0.6) is 0 Å². The van der Waals surface area contributed by atoms with E-state index in [0.29, 0.717) is 18.9 Å². The van der Waals surface area contributed by atoms with Crippen LogP contribution in [0.25, 0.3) is 0 Å². The summed E-state index contributed by atoms with van der Waals surface area (Å²) in [5.74, 6) is 18.1. The molecule has 72 valence electrons. The Morgan fingerprint density at radius 3 is 2.69 bits per heavy atom. The van der Waals surface area contributed by atoms with Crippen LogP contribution in [-0.2, 0) is 0 Å². The summed E-state index contributed by atoms with van der Waals surface area (Å²) >= 11 is 0. The highest BCUT2D eigenvalue weighted by molar-refractivity contribution is 5.09. The first-order valence-corrected chi connectivity index (χ1v) is 3.91. The quantitative estimate of drug-likeness (QED) is 0.247. The van der Waals surface area contributed by atoms with Gasteiger partial charge in [-0.3, -0.25) is 5.01 Å². The van der Waals surface area contributed by atoms with E-state index in [1.165, 1.54) is 10.0 Å². The molecule has 0 saturated carbocycles. The average molecular weight is 184 g/mol. The second kappa shape index (κ2) is 2.36. The van der Waals surface area contributed by atoms with Gasteiger partial charge in [0.1, 0.15) is 12.7 Å². The monoisotopic (exact) mass is 184 g/mol. The average Bonchev–Trinajstić information content (AvgIpc) is 2.23. The molecule has 13 heavy (non-hydrogen) atoms. The molecular formula is C6H14N7+. The van der Waals surface area contributed by atoms with Crippen molar-refractivity contribution in [1.29, 1.82) is 0 Å². The maximum atomic E-state index is 6.04. The molecule has 0 saturated heterocycles. The van der Waals surface area contributed by atoms with E-state index in [1.54, 1.807) is 12.4 Å². The molecule has 7 heteroatoms. The van der Waals surface area contributed by atoms with Crippen molar-refractivity contribution in [3.05, 3.63) is 23.9 Å². The number of rotatable bonds is 0. The van der Waals surface area contributed by atoms with Crippen LogP contribution >= 0.6 is 0 Å². The van der Waals surface area contributed by atoms with Crippen LogP contribution in [0.15, 0.2) is 23.9 Å². The Balaban J connectivity index is 2.38. The lowest BCUT2D eigenvalue weighted by Gasteiger charge is -2.35. The van der Waals surface area contributed by atoms with Crippen molar-refractivity contribution in [3.63, 3.8) is 0 Å². The van der Waals surface area contributed by atoms with E-state index in [4.69, 9.17) is 23.3 Å². The summed E-state index contributed by atoms with van der Waals surface area (Å²) < 4.78 is 0.148. The molecule has 0 spiro atoms. The Morgan fingerprint density at radius 2 is 2.00 bits per heavy atom. The van der Waals surface area contributed by atoms with E-state index >= 15 is 0 Å². The predicted octanol–water partition coefficient (Wildman–Crippen LogP) is -2.39. The lowest BCUT2D eigenvalue weighted by molar-refractivity contribution is -0.910. The minimum Gasteiger partial charge on any atom is -0.396 e. The van der Waals surface area contributed by atoms with E-state index < -0.39 is 0 Å². The first kappa shape index (κ1) is 8.32. The third-order valence-electron chi connectivity index (χ3n) is 2.19. The molecule has 0 aromatic carbocycles. The number of hydrogen-bond acceptors (Lipinski definition) is 6. The summed E-state index contributed by atoms with van der Waals surface area (Å²) in [7, 11) is 0. The normalized spacial score (nSPS) is 32.8. The van der Waals surface area contributed by atoms with Gasteiger partial charge in [-0.25, -0.2) is 16.7 Å². The topological polar surface area (TPSA) is 111 Å². The highest BCUT2D eigenvalue weighted by Crippen LogP contribution is 2.25. The highest BCUT2D eigenvalue weighted by atomic mass is 15.8. The summed E-state index contributed by atoms with van der Waals surface area (Å²) in [4.78, 5) is 0. The zero-order valence-corrected chi connectivity index (χ0v) is 7.22. The number of nitrogens with zero attached hydrogens (tertiary/aromatic N) is 3. The van der Waals surface area contributed by atoms with Crippen molar-refractivity contribution >= 4 is 0 Å².